The summed E-state index contributed by atoms with van der Waals surface area (Å²) in [6.07, 6.45) is 9.35. The van der Waals surface area contributed by atoms with Gasteiger partial charge in [0.15, 0.2) is 0 Å². The first-order chi connectivity index (χ1) is 24.4. The Kier molecular flexibility index (Phi) is 18.4. The molecule has 2 atom stereocenters. The third-order valence-corrected chi connectivity index (χ3v) is 8.46. The molecule has 2 aliphatic rings. The minimum Gasteiger partial charge on any atom is -1.00 e. The number of piperazine rings is 1. The Morgan fingerprint density at radius 2 is 1.65 bits per heavy atom. The Labute approximate surface area is 306 Å². The second-order valence-corrected chi connectivity index (χ2v) is 12.1. The van der Waals surface area contributed by atoms with E-state index in [0.29, 0.717) is 123 Å². The van der Waals surface area contributed by atoms with Crippen LogP contribution in [0.2, 0.25) is 0 Å². The van der Waals surface area contributed by atoms with Gasteiger partial charge in [0.1, 0.15) is 12.6 Å². The maximum absolute atomic E-state index is 14.0. The fourth-order valence-electron chi connectivity index (χ4n) is 5.51. The van der Waals surface area contributed by atoms with Crippen LogP contribution in [0, 0.1) is 18.3 Å². The molecule has 2 aromatic rings. The Bertz CT molecular complexity index is 1380. The molecule has 0 aromatic carbocycles. The monoisotopic (exact) mass is 735 g/mol. The van der Waals surface area contributed by atoms with E-state index in [1.165, 1.54) is 0 Å². The number of amides is 1. The number of nitrogens with zero attached hydrogens (tertiary/aromatic N) is 9. The molecule has 4 heterocycles. The number of rotatable bonds is 21. The van der Waals surface area contributed by atoms with Crippen LogP contribution >= 0.6 is 0 Å². The number of terminal acetylenes is 1. The van der Waals surface area contributed by atoms with E-state index < -0.39 is 6.04 Å². The minimum atomic E-state index is -0.443. The molecule has 2 aromatic heterocycles. The third-order valence-electron chi connectivity index (χ3n) is 8.46. The molecule has 2 fully saturated rings. The predicted molar refractivity (Wildman–Crippen MR) is 187 cm³/mol. The van der Waals surface area contributed by atoms with Gasteiger partial charge in [-0.1, -0.05) is 31.4 Å². The van der Waals surface area contributed by atoms with Crippen LogP contribution in [0.25, 0.3) is 0 Å². The number of morpholine rings is 1. The van der Waals surface area contributed by atoms with Crippen LogP contribution < -0.4 is 44.0 Å². The molecular formula is C32H54ClN13O5. The summed E-state index contributed by atoms with van der Waals surface area (Å²) in [6, 6.07) is -0.443. The van der Waals surface area contributed by atoms with Gasteiger partial charge >= 0.3 is 5.96 Å². The Balaban J connectivity index is 0.00000702. The van der Waals surface area contributed by atoms with Crippen molar-refractivity contribution < 1.29 is 41.1 Å². The molecule has 19 heteroatoms. The molecule has 2 unspecified atom stereocenters. The maximum atomic E-state index is 14.0. The number of aromatic nitrogens is 6. The zero-order valence-corrected chi connectivity index (χ0v) is 30.6. The van der Waals surface area contributed by atoms with Crippen LogP contribution in [0.4, 0.5) is 17.8 Å². The molecule has 0 aliphatic carbocycles. The van der Waals surface area contributed by atoms with E-state index in [4.69, 9.17) is 51.8 Å². The first-order valence-corrected chi connectivity index (χ1v) is 17.4. The molecule has 51 heavy (non-hydrogen) atoms. The van der Waals surface area contributed by atoms with E-state index in [-0.39, 0.29) is 36.8 Å². The quantitative estimate of drug-likeness (QED) is 0.0408. The largest absolute Gasteiger partial charge is 1.00 e. The van der Waals surface area contributed by atoms with Crippen molar-refractivity contribution in [1.29, 1.82) is 0 Å². The third kappa shape index (κ3) is 13.6. The summed E-state index contributed by atoms with van der Waals surface area (Å²) in [5, 5.41) is 12.0. The molecule has 0 radical (unpaired) electrons. The number of halogens is 1. The van der Waals surface area contributed by atoms with Crippen LogP contribution in [0.3, 0.4) is 0 Å². The molecule has 1 amide bonds. The fourth-order valence-corrected chi connectivity index (χ4v) is 5.51. The molecule has 0 spiro atoms. The summed E-state index contributed by atoms with van der Waals surface area (Å²) in [7, 11) is 0. The van der Waals surface area contributed by atoms with Gasteiger partial charge in [-0.25, -0.2) is 4.68 Å². The van der Waals surface area contributed by atoms with Crippen molar-refractivity contribution >= 4 is 29.7 Å². The molecule has 4 rings (SSSR count). The van der Waals surface area contributed by atoms with Gasteiger partial charge in [-0.3, -0.25) is 21.3 Å². The molecule has 6 N–H and O–H groups in total. The van der Waals surface area contributed by atoms with Gasteiger partial charge < -0.3 is 51.4 Å². The highest BCUT2D eigenvalue weighted by molar-refractivity contribution is 5.81. The zero-order valence-electron chi connectivity index (χ0n) is 29.8. The fraction of sp³-hybridized carbons (Fsp3) is 0.719. The van der Waals surface area contributed by atoms with Crippen LogP contribution in [0.5, 0.6) is 0 Å². The SMILES string of the molecule is C#CCOCCOCCOCCNc1nc(N2CCOCC2)nc(N2CCN(C(=O)C(C(C)CC)n3cc(CCC[NH+]=C(N)N)nn3)CC2)n1.[Cl-]. The number of guanidine groups is 1. The second-order valence-electron chi connectivity index (χ2n) is 12.1. The van der Waals surface area contributed by atoms with E-state index in [1.54, 1.807) is 4.68 Å². The Hall–Kier alpha value is -4.02. The lowest BCUT2D eigenvalue weighted by Crippen LogP contribution is -3.00. The molecule has 2 saturated heterocycles. The number of nitrogens with one attached hydrogen (secondary N) is 2. The van der Waals surface area contributed by atoms with Gasteiger partial charge in [0.2, 0.25) is 23.8 Å². The number of nitrogens with two attached hydrogens (primary N) is 2. The van der Waals surface area contributed by atoms with Crippen LogP contribution in [0.15, 0.2) is 6.20 Å². The highest BCUT2D eigenvalue weighted by Crippen LogP contribution is 2.25. The van der Waals surface area contributed by atoms with Gasteiger partial charge in [0, 0.05) is 52.0 Å². The summed E-state index contributed by atoms with van der Waals surface area (Å²) < 4.78 is 23.6. The lowest BCUT2D eigenvalue weighted by Gasteiger charge is -2.37. The number of carbonyl (C=O) groups excluding carboxylic acids is 1. The van der Waals surface area contributed by atoms with Gasteiger partial charge in [0.05, 0.1) is 58.5 Å². The minimum absolute atomic E-state index is 0. The van der Waals surface area contributed by atoms with Gasteiger partial charge in [-0.05, 0) is 18.8 Å². The molecule has 0 bridgehead atoms. The highest BCUT2D eigenvalue weighted by Gasteiger charge is 2.33. The van der Waals surface area contributed by atoms with E-state index in [0.717, 1.165) is 18.5 Å². The van der Waals surface area contributed by atoms with E-state index in [2.05, 4.69) is 50.2 Å². The smallest absolute Gasteiger partial charge is 0.338 e. The number of anilines is 3. The van der Waals surface area contributed by atoms with Crippen molar-refractivity contribution in [1.82, 2.24) is 34.8 Å². The standard InChI is InChI=1S/C32H53N13O5.ClH/c1-4-16-47-20-22-50-23-21-48-17-9-36-30-37-31(39-32(38-30)44-14-18-49-19-15-44)43-12-10-42(11-13-43)28(46)27(25(3)5-2)45-24-26(40-41-45)7-6-8-35-29(33)34;/h1,24-25,27H,5-23H2,2-3H3,(H4,33,34,35)(H,36,37,38,39);1H. The van der Waals surface area contributed by atoms with Crippen molar-refractivity contribution in [3.05, 3.63) is 11.9 Å². The zero-order chi connectivity index (χ0) is 35.6. The number of hydrogen-bond acceptors (Lipinski definition) is 13. The van der Waals surface area contributed by atoms with Gasteiger partial charge in [-0.2, -0.15) is 15.0 Å². The van der Waals surface area contributed by atoms with Crippen LogP contribution in [-0.2, 0) is 30.2 Å². The van der Waals surface area contributed by atoms with Crippen molar-refractivity contribution in [2.75, 3.05) is 120 Å². The first-order valence-electron chi connectivity index (χ1n) is 17.4. The van der Waals surface area contributed by atoms with E-state index in [9.17, 15) is 4.79 Å². The van der Waals surface area contributed by atoms with Gasteiger partial charge in [0.25, 0.3) is 0 Å². The lowest BCUT2D eigenvalue weighted by atomic mass is 9.97. The summed E-state index contributed by atoms with van der Waals surface area (Å²) in [4.78, 5) is 37.3. The topological polar surface area (TPSA) is 211 Å². The maximum Gasteiger partial charge on any atom is 0.338 e. The van der Waals surface area contributed by atoms with E-state index >= 15 is 0 Å². The molecule has 18 nitrogen and oxygen atoms in total. The van der Waals surface area contributed by atoms with Crippen molar-refractivity contribution in [3.8, 4) is 12.3 Å². The molecular weight excluding hydrogens is 682 g/mol. The predicted octanol–water partition coefficient (Wildman–Crippen LogP) is -5.38. The Morgan fingerprint density at radius 3 is 2.29 bits per heavy atom. The molecule has 2 aliphatic heterocycles. The normalized spacial score (nSPS) is 15.8. The number of carbonyl (C=O) groups is 1. The summed E-state index contributed by atoms with van der Waals surface area (Å²) in [6.45, 7) is 12.7. The Morgan fingerprint density at radius 1 is 1.00 bits per heavy atom. The second kappa shape index (κ2) is 22.7. The average Bonchev–Trinajstić information content (AvgIpc) is 3.60. The number of aryl methyl sites for hydroxylation is 1. The van der Waals surface area contributed by atoms with Crippen molar-refractivity contribution in [3.63, 3.8) is 0 Å². The average molecular weight is 736 g/mol. The summed E-state index contributed by atoms with van der Waals surface area (Å²) in [5.41, 5.74) is 11.8. The van der Waals surface area contributed by atoms with Crippen LogP contribution in [-0.4, -0.2) is 152 Å². The summed E-state index contributed by atoms with van der Waals surface area (Å²) >= 11 is 0. The number of ether oxygens (including phenoxy) is 4. The van der Waals surface area contributed by atoms with Gasteiger partial charge in [-0.15, -0.1) is 11.5 Å². The van der Waals surface area contributed by atoms with Crippen molar-refractivity contribution in [2.45, 2.75) is 39.2 Å². The molecule has 0 saturated carbocycles. The summed E-state index contributed by atoms with van der Waals surface area (Å²) in [5.74, 6) is 4.37. The molecule has 284 valence electrons. The number of hydrogen-bond donors (Lipinski definition) is 4. The van der Waals surface area contributed by atoms with Crippen LogP contribution in [0.1, 0.15) is 38.4 Å². The van der Waals surface area contributed by atoms with E-state index in [1.807, 2.05) is 11.1 Å². The lowest BCUT2D eigenvalue weighted by molar-refractivity contribution is -0.459. The first kappa shape index (κ1) is 41.4. The van der Waals surface area contributed by atoms with Crippen molar-refractivity contribution in [2.24, 2.45) is 17.4 Å². The highest BCUT2D eigenvalue weighted by atomic mass is 35.5.